The Kier molecular flexibility index (Phi) is 4.94. The van der Waals surface area contributed by atoms with Crippen molar-refractivity contribution < 1.29 is 13.5 Å². The molecule has 1 saturated heterocycles. The zero-order valence-corrected chi connectivity index (χ0v) is 12.1. The molecule has 1 aromatic carbocycles. The molecule has 1 N–H and O–H groups in total. The van der Waals surface area contributed by atoms with Crippen molar-refractivity contribution in [2.75, 3.05) is 39.8 Å². The minimum Gasteiger partial charge on any atom is -0.496 e. The van der Waals surface area contributed by atoms with Gasteiger partial charge in [0, 0.05) is 39.6 Å². The molecular formula is C15H22F2N2O. The van der Waals surface area contributed by atoms with Crippen LogP contribution in [0.2, 0.25) is 0 Å². The smallest absolute Gasteiger partial charge is 0.274 e. The maximum Gasteiger partial charge on any atom is 0.274 e. The van der Waals surface area contributed by atoms with E-state index in [2.05, 4.69) is 10.2 Å². The summed E-state index contributed by atoms with van der Waals surface area (Å²) in [6, 6.07) is 5.08. The van der Waals surface area contributed by atoms with E-state index < -0.39 is 5.92 Å². The molecule has 0 atom stereocenters. The molecule has 1 aliphatic rings. The lowest BCUT2D eigenvalue weighted by Gasteiger charge is -2.27. The van der Waals surface area contributed by atoms with E-state index in [1.54, 1.807) is 12.1 Å². The maximum atomic E-state index is 13.6. The van der Waals surface area contributed by atoms with Crippen LogP contribution in [0.4, 0.5) is 8.78 Å². The van der Waals surface area contributed by atoms with E-state index in [1.165, 1.54) is 7.11 Å². The summed E-state index contributed by atoms with van der Waals surface area (Å²) in [6.07, 6.45) is 0.785. The number of hydrogen-bond acceptors (Lipinski definition) is 3. The number of methoxy groups -OCH3 is 1. The maximum absolute atomic E-state index is 13.6. The second-order valence-corrected chi connectivity index (χ2v) is 5.26. The fraction of sp³-hybridized carbons (Fsp3) is 0.600. The van der Waals surface area contributed by atoms with Gasteiger partial charge in [-0.2, -0.15) is 0 Å². The Balaban J connectivity index is 2.04. The van der Waals surface area contributed by atoms with E-state index in [1.807, 2.05) is 6.07 Å². The molecule has 2 rings (SSSR count). The molecule has 0 spiro atoms. The van der Waals surface area contributed by atoms with Crippen LogP contribution in [0.3, 0.4) is 0 Å². The first-order valence-corrected chi connectivity index (χ1v) is 6.99. The normalized spacial score (nSPS) is 17.2. The van der Waals surface area contributed by atoms with Crippen LogP contribution in [0.25, 0.3) is 0 Å². The van der Waals surface area contributed by atoms with E-state index in [-0.39, 0.29) is 11.3 Å². The molecule has 1 aromatic rings. The molecule has 112 valence electrons. The zero-order chi connectivity index (χ0) is 14.6. The van der Waals surface area contributed by atoms with Crippen molar-refractivity contribution >= 4 is 0 Å². The molecule has 0 unspecified atom stereocenters. The number of rotatable bonds is 5. The van der Waals surface area contributed by atoms with Gasteiger partial charge in [0.1, 0.15) is 5.75 Å². The average Bonchev–Trinajstić information content (AvgIpc) is 2.45. The van der Waals surface area contributed by atoms with Crippen molar-refractivity contribution in [1.29, 1.82) is 0 Å². The van der Waals surface area contributed by atoms with Crippen LogP contribution in [-0.4, -0.2) is 44.7 Å². The highest BCUT2D eigenvalue weighted by molar-refractivity contribution is 5.40. The van der Waals surface area contributed by atoms with Gasteiger partial charge in [-0.3, -0.25) is 0 Å². The van der Waals surface area contributed by atoms with Crippen LogP contribution in [0.15, 0.2) is 18.2 Å². The molecule has 1 fully saturated rings. The number of nitrogens with one attached hydrogen (secondary N) is 1. The molecule has 3 nitrogen and oxygen atoms in total. The number of hydrogen-bond donors (Lipinski definition) is 1. The van der Waals surface area contributed by atoms with Gasteiger partial charge in [-0.1, -0.05) is 6.07 Å². The predicted molar refractivity (Wildman–Crippen MR) is 75.6 cm³/mol. The largest absolute Gasteiger partial charge is 0.496 e. The van der Waals surface area contributed by atoms with Crippen molar-refractivity contribution in [3.05, 3.63) is 29.3 Å². The summed E-state index contributed by atoms with van der Waals surface area (Å²) in [5.41, 5.74) is 0.902. The molecule has 5 heteroatoms. The Bertz CT molecular complexity index is 440. The van der Waals surface area contributed by atoms with Gasteiger partial charge in [0.05, 0.1) is 12.7 Å². The molecular weight excluding hydrogens is 262 g/mol. The number of nitrogens with zero attached hydrogens (tertiary/aromatic N) is 1. The van der Waals surface area contributed by atoms with Crippen LogP contribution in [0.5, 0.6) is 5.75 Å². The second-order valence-electron chi connectivity index (χ2n) is 5.26. The summed E-state index contributed by atoms with van der Waals surface area (Å²) >= 11 is 0. The van der Waals surface area contributed by atoms with E-state index in [9.17, 15) is 8.78 Å². The first kappa shape index (κ1) is 15.2. The van der Waals surface area contributed by atoms with Gasteiger partial charge in [0.25, 0.3) is 5.92 Å². The molecule has 0 saturated carbocycles. The quantitative estimate of drug-likeness (QED) is 0.897. The Labute approximate surface area is 118 Å². The van der Waals surface area contributed by atoms with Crippen molar-refractivity contribution in [3.63, 3.8) is 0 Å². The average molecular weight is 284 g/mol. The first-order valence-electron chi connectivity index (χ1n) is 6.99. The Morgan fingerprint density at radius 1 is 1.30 bits per heavy atom. The number of halogens is 2. The topological polar surface area (TPSA) is 24.5 Å². The molecule has 0 aromatic heterocycles. The van der Waals surface area contributed by atoms with Crippen LogP contribution in [-0.2, 0) is 12.3 Å². The van der Waals surface area contributed by atoms with Crippen LogP contribution >= 0.6 is 0 Å². The molecule has 20 heavy (non-hydrogen) atoms. The Hall–Kier alpha value is -1.20. The molecule has 0 amide bonds. The highest BCUT2D eigenvalue weighted by Gasteiger charge is 2.28. The lowest BCUT2D eigenvalue weighted by Crippen LogP contribution is -2.44. The molecule has 1 heterocycles. The third kappa shape index (κ3) is 3.90. The Morgan fingerprint density at radius 3 is 2.60 bits per heavy atom. The van der Waals surface area contributed by atoms with Crippen molar-refractivity contribution in [1.82, 2.24) is 10.2 Å². The van der Waals surface area contributed by atoms with Crippen molar-refractivity contribution in [2.45, 2.75) is 19.3 Å². The fourth-order valence-electron chi connectivity index (χ4n) is 2.48. The molecule has 0 aliphatic carbocycles. The SMILES string of the molecule is COc1ccc(CCN2CCNCC2)cc1C(C)(F)F. The second kappa shape index (κ2) is 6.50. The fourth-order valence-corrected chi connectivity index (χ4v) is 2.48. The predicted octanol–water partition coefficient (Wildman–Crippen LogP) is 2.25. The van der Waals surface area contributed by atoms with Gasteiger partial charge in [0.15, 0.2) is 0 Å². The summed E-state index contributed by atoms with van der Waals surface area (Å²) < 4.78 is 32.2. The number of benzene rings is 1. The van der Waals surface area contributed by atoms with Gasteiger partial charge < -0.3 is 15.0 Å². The van der Waals surface area contributed by atoms with Gasteiger partial charge in [0.2, 0.25) is 0 Å². The molecule has 0 radical (unpaired) electrons. The summed E-state index contributed by atoms with van der Waals surface area (Å²) in [6.45, 7) is 5.86. The van der Waals surface area contributed by atoms with Crippen molar-refractivity contribution in [3.8, 4) is 5.75 Å². The third-order valence-corrected chi connectivity index (χ3v) is 3.66. The first-order chi connectivity index (χ1) is 9.50. The van der Waals surface area contributed by atoms with E-state index in [0.29, 0.717) is 0 Å². The summed E-state index contributed by atoms with van der Waals surface area (Å²) in [7, 11) is 1.42. The zero-order valence-electron chi connectivity index (χ0n) is 12.1. The summed E-state index contributed by atoms with van der Waals surface area (Å²) in [5.74, 6) is -2.63. The minimum absolute atomic E-state index is 0.0298. The van der Waals surface area contributed by atoms with Crippen molar-refractivity contribution in [2.24, 2.45) is 0 Å². The van der Waals surface area contributed by atoms with Crippen LogP contribution < -0.4 is 10.1 Å². The minimum atomic E-state index is -2.88. The lowest BCUT2D eigenvalue weighted by molar-refractivity contribution is 0.0150. The number of ether oxygens (including phenoxy) is 1. The molecule has 1 aliphatic heterocycles. The standard InChI is InChI=1S/C15H22F2N2O/c1-15(16,17)13-11-12(3-4-14(13)20-2)5-8-19-9-6-18-7-10-19/h3-4,11,18H,5-10H2,1-2H3. The van der Waals surface area contributed by atoms with Gasteiger partial charge in [-0.15, -0.1) is 0 Å². The Morgan fingerprint density at radius 2 is 2.00 bits per heavy atom. The summed E-state index contributed by atoms with van der Waals surface area (Å²) in [5, 5.41) is 3.30. The van der Waals surface area contributed by atoms with E-state index >= 15 is 0 Å². The lowest BCUT2D eigenvalue weighted by atomic mass is 10.0. The monoisotopic (exact) mass is 284 g/mol. The van der Waals surface area contributed by atoms with Crippen LogP contribution in [0.1, 0.15) is 18.1 Å². The third-order valence-electron chi connectivity index (χ3n) is 3.66. The highest BCUT2D eigenvalue weighted by Crippen LogP contribution is 2.35. The van der Waals surface area contributed by atoms with E-state index in [4.69, 9.17) is 4.74 Å². The summed E-state index contributed by atoms with van der Waals surface area (Å²) in [4.78, 5) is 2.35. The van der Waals surface area contributed by atoms with Crippen LogP contribution in [0, 0.1) is 0 Å². The van der Waals surface area contributed by atoms with Gasteiger partial charge >= 0.3 is 0 Å². The highest BCUT2D eigenvalue weighted by atomic mass is 19.3. The van der Waals surface area contributed by atoms with Gasteiger partial charge in [-0.05, 0) is 24.1 Å². The number of alkyl halides is 2. The molecule has 0 bridgehead atoms. The van der Waals surface area contributed by atoms with E-state index in [0.717, 1.165) is 51.6 Å². The van der Waals surface area contributed by atoms with Gasteiger partial charge in [-0.25, -0.2) is 8.78 Å². The number of piperazine rings is 1.